The highest BCUT2D eigenvalue weighted by Gasteiger charge is 2.28. The van der Waals surface area contributed by atoms with Gasteiger partial charge < -0.3 is 15.1 Å². The minimum atomic E-state index is -0.0506. The molecule has 2 aliphatic heterocycles. The minimum absolute atomic E-state index is 0.0506. The molecule has 0 atom stereocenters. The average molecular weight is 396 g/mol. The maximum atomic E-state index is 12.7. The van der Waals surface area contributed by atoms with Crippen LogP contribution in [-0.4, -0.2) is 71.2 Å². The lowest BCUT2D eigenvalue weighted by atomic mass is 9.98. The van der Waals surface area contributed by atoms with Gasteiger partial charge in [0.15, 0.2) is 0 Å². The van der Waals surface area contributed by atoms with Crippen LogP contribution in [-0.2, 0) is 0 Å². The number of hydrogen-bond acceptors (Lipinski definition) is 4. The molecule has 1 amide bonds. The Morgan fingerprint density at radius 1 is 1.03 bits per heavy atom. The number of nitrogens with one attached hydrogen (secondary N) is 2. The maximum Gasteiger partial charge on any atom is 0.269 e. The fourth-order valence-electron chi connectivity index (χ4n) is 4.52. The predicted octanol–water partition coefficient (Wildman–Crippen LogP) is 2.98. The van der Waals surface area contributed by atoms with E-state index in [-0.39, 0.29) is 11.9 Å². The van der Waals surface area contributed by atoms with Crippen LogP contribution >= 0.6 is 0 Å². The van der Waals surface area contributed by atoms with Gasteiger partial charge in [0.1, 0.15) is 5.69 Å². The van der Waals surface area contributed by atoms with Crippen molar-refractivity contribution >= 4 is 5.91 Å². The van der Waals surface area contributed by atoms with Crippen LogP contribution in [0.15, 0.2) is 24.3 Å². The number of carbonyl (C=O) groups excluding carboxylic acids is 1. The van der Waals surface area contributed by atoms with Crippen LogP contribution in [0.5, 0.6) is 0 Å². The molecule has 0 radical (unpaired) electrons. The standard InChI is InChI=1S/C23H33N5O/c1-16-4-5-18(14-17(16)2)21-15-22(26-25-21)23(29)24-19-6-12-28(13-7-19)20-8-10-27(3)11-9-20/h4-5,14-15,19-20H,6-13H2,1-3H3,(H,24,29)(H,25,26). The Bertz CT molecular complexity index is 845. The van der Waals surface area contributed by atoms with E-state index in [1.807, 2.05) is 6.07 Å². The van der Waals surface area contributed by atoms with Crippen molar-refractivity contribution in [3.8, 4) is 11.3 Å². The van der Waals surface area contributed by atoms with E-state index in [4.69, 9.17) is 0 Å². The van der Waals surface area contributed by atoms with E-state index in [2.05, 4.69) is 64.4 Å². The number of aromatic nitrogens is 2. The molecule has 6 heteroatoms. The summed E-state index contributed by atoms with van der Waals surface area (Å²) in [6, 6.07) is 9.09. The number of carbonyl (C=O) groups is 1. The number of amides is 1. The molecule has 0 saturated carbocycles. The molecule has 2 saturated heterocycles. The molecule has 4 rings (SSSR count). The molecule has 1 aromatic carbocycles. The van der Waals surface area contributed by atoms with Crippen molar-refractivity contribution in [3.05, 3.63) is 41.1 Å². The van der Waals surface area contributed by atoms with Crippen molar-refractivity contribution in [3.63, 3.8) is 0 Å². The lowest BCUT2D eigenvalue weighted by Gasteiger charge is -2.41. The summed E-state index contributed by atoms with van der Waals surface area (Å²) in [5, 5.41) is 10.5. The first kappa shape index (κ1) is 20.1. The van der Waals surface area contributed by atoms with Gasteiger partial charge in [-0.05, 0) is 82.9 Å². The molecule has 3 heterocycles. The van der Waals surface area contributed by atoms with Crippen LogP contribution in [0.4, 0.5) is 0 Å². The first-order chi connectivity index (χ1) is 14.0. The van der Waals surface area contributed by atoms with Crippen LogP contribution in [0.3, 0.4) is 0 Å². The zero-order chi connectivity index (χ0) is 20.4. The van der Waals surface area contributed by atoms with Gasteiger partial charge in [-0.2, -0.15) is 5.10 Å². The van der Waals surface area contributed by atoms with Crippen molar-refractivity contribution in [1.82, 2.24) is 25.3 Å². The predicted molar refractivity (Wildman–Crippen MR) is 116 cm³/mol. The number of piperidine rings is 2. The topological polar surface area (TPSA) is 64.3 Å². The van der Waals surface area contributed by atoms with Crippen LogP contribution in [0.1, 0.15) is 47.3 Å². The molecule has 2 aromatic rings. The fraction of sp³-hybridized carbons (Fsp3) is 0.565. The summed E-state index contributed by atoms with van der Waals surface area (Å²) >= 11 is 0. The van der Waals surface area contributed by atoms with Crippen LogP contribution in [0.2, 0.25) is 0 Å². The maximum absolute atomic E-state index is 12.7. The van der Waals surface area contributed by atoms with Gasteiger partial charge in [-0.3, -0.25) is 9.89 Å². The van der Waals surface area contributed by atoms with Gasteiger partial charge in [0.25, 0.3) is 5.91 Å². The van der Waals surface area contributed by atoms with E-state index < -0.39 is 0 Å². The second-order valence-electron chi connectivity index (χ2n) is 8.78. The highest BCUT2D eigenvalue weighted by Crippen LogP contribution is 2.22. The van der Waals surface area contributed by atoms with Crippen molar-refractivity contribution in [2.24, 2.45) is 0 Å². The number of rotatable bonds is 4. The Kier molecular flexibility index (Phi) is 6.01. The van der Waals surface area contributed by atoms with E-state index in [9.17, 15) is 4.79 Å². The van der Waals surface area contributed by atoms with Gasteiger partial charge in [-0.15, -0.1) is 0 Å². The summed E-state index contributed by atoms with van der Waals surface area (Å²) in [5.74, 6) is -0.0506. The number of aromatic amines is 1. The summed E-state index contributed by atoms with van der Waals surface area (Å²) < 4.78 is 0. The van der Waals surface area contributed by atoms with E-state index in [0.29, 0.717) is 5.69 Å². The molecule has 0 spiro atoms. The smallest absolute Gasteiger partial charge is 0.269 e. The van der Waals surface area contributed by atoms with Gasteiger partial charge in [0.05, 0.1) is 5.69 Å². The second-order valence-corrected chi connectivity index (χ2v) is 8.78. The van der Waals surface area contributed by atoms with E-state index >= 15 is 0 Å². The van der Waals surface area contributed by atoms with Crippen molar-refractivity contribution < 1.29 is 4.79 Å². The molecule has 29 heavy (non-hydrogen) atoms. The molecule has 2 N–H and O–H groups in total. The summed E-state index contributed by atoms with van der Waals surface area (Å²) in [7, 11) is 2.21. The third-order valence-electron chi connectivity index (χ3n) is 6.69. The van der Waals surface area contributed by atoms with E-state index in [1.54, 1.807) is 0 Å². The Labute approximate surface area is 173 Å². The summed E-state index contributed by atoms with van der Waals surface area (Å²) in [5.41, 5.74) is 4.88. The first-order valence-electron chi connectivity index (χ1n) is 10.9. The number of aryl methyl sites for hydroxylation is 2. The molecule has 2 aliphatic rings. The van der Waals surface area contributed by atoms with Gasteiger partial charge >= 0.3 is 0 Å². The first-order valence-corrected chi connectivity index (χ1v) is 10.9. The molecule has 1 aromatic heterocycles. The molecule has 0 aliphatic carbocycles. The molecular formula is C23H33N5O. The van der Waals surface area contributed by atoms with Gasteiger partial charge in [0, 0.05) is 30.7 Å². The third-order valence-corrected chi connectivity index (χ3v) is 6.69. The largest absolute Gasteiger partial charge is 0.348 e. The molecule has 156 valence electrons. The van der Waals surface area contributed by atoms with Crippen molar-refractivity contribution in [2.45, 2.75) is 51.6 Å². The summed E-state index contributed by atoms with van der Waals surface area (Å²) in [6.07, 6.45) is 4.58. The fourth-order valence-corrected chi connectivity index (χ4v) is 4.52. The van der Waals surface area contributed by atoms with E-state index in [0.717, 1.165) is 43.2 Å². The Hall–Kier alpha value is -2.18. The van der Waals surface area contributed by atoms with Gasteiger partial charge in [0.2, 0.25) is 0 Å². The van der Waals surface area contributed by atoms with Crippen molar-refractivity contribution in [1.29, 1.82) is 0 Å². The minimum Gasteiger partial charge on any atom is -0.348 e. The molecular weight excluding hydrogens is 362 g/mol. The SMILES string of the molecule is Cc1ccc(-c2cc(C(=O)NC3CCN(C4CCN(C)CC4)CC3)[nH]n2)cc1C. The Balaban J connectivity index is 1.30. The average Bonchev–Trinajstić information content (AvgIpc) is 3.22. The normalized spacial score (nSPS) is 20.1. The number of hydrogen-bond donors (Lipinski definition) is 2. The zero-order valence-corrected chi connectivity index (χ0v) is 17.9. The quantitative estimate of drug-likeness (QED) is 0.835. The summed E-state index contributed by atoms with van der Waals surface area (Å²) in [4.78, 5) is 17.7. The van der Waals surface area contributed by atoms with Crippen LogP contribution in [0, 0.1) is 13.8 Å². The van der Waals surface area contributed by atoms with Gasteiger partial charge in [-0.1, -0.05) is 12.1 Å². The number of nitrogens with zero attached hydrogens (tertiary/aromatic N) is 3. The Morgan fingerprint density at radius 3 is 2.45 bits per heavy atom. The molecule has 6 nitrogen and oxygen atoms in total. The molecule has 0 unspecified atom stereocenters. The molecule has 2 fully saturated rings. The van der Waals surface area contributed by atoms with Crippen molar-refractivity contribution in [2.75, 3.05) is 33.2 Å². The number of likely N-dealkylation sites (tertiary alicyclic amines) is 2. The number of H-pyrrole nitrogens is 1. The highest BCUT2D eigenvalue weighted by atomic mass is 16.2. The zero-order valence-electron chi connectivity index (χ0n) is 17.9. The monoisotopic (exact) mass is 395 g/mol. The van der Waals surface area contributed by atoms with Crippen LogP contribution in [0.25, 0.3) is 11.3 Å². The van der Waals surface area contributed by atoms with E-state index in [1.165, 1.54) is 37.1 Å². The summed E-state index contributed by atoms with van der Waals surface area (Å²) in [6.45, 7) is 8.75. The third kappa shape index (κ3) is 4.70. The second kappa shape index (κ2) is 8.67. The van der Waals surface area contributed by atoms with Gasteiger partial charge in [-0.25, -0.2) is 0 Å². The van der Waals surface area contributed by atoms with Crippen LogP contribution < -0.4 is 5.32 Å². The molecule has 0 bridgehead atoms. The lowest BCUT2D eigenvalue weighted by molar-refractivity contribution is 0.0804. The number of benzene rings is 1. The lowest BCUT2D eigenvalue weighted by Crippen LogP contribution is -2.50. The highest BCUT2D eigenvalue weighted by molar-refractivity contribution is 5.93. The Morgan fingerprint density at radius 2 is 1.76 bits per heavy atom.